The van der Waals surface area contributed by atoms with Crippen molar-refractivity contribution >= 4 is 21.7 Å². The molecule has 0 amide bonds. The van der Waals surface area contributed by atoms with Gasteiger partial charge in [-0.2, -0.15) is 0 Å². The molecule has 1 unspecified atom stereocenters. The van der Waals surface area contributed by atoms with Gasteiger partial charge in [-0.15, -0.1) is 0 Å². The van der Waals surface area contributed by atoms with E-state index in [2.05, 4.69) is 18.6 Å². The molecule has 0 aliphatic carbocycles. The first-order valence-electron chi connectivity index (χ1n) is 7.29. The highest BCUT2D eigenvalue weighted by Gasteiger charge is 2.15. The van der Waals surface area contributed by atoms with Crippen LogP contribution in [0.3, 0.4) is 0 Å². The third-order valence-electron chi connectivity index (χ3n) is 3.73. The van der Waals surface area contributed by atoms with Crippen LogP contribution < -0.4 is 4.72 Å². The highest BCUT2D eigenvalue weighted by molar-refractivity contribution is 7.92. The molecule has 0 saturated carbocycles. The summed E-state index contributed by atoms with van der Waals surface area (Å²) in [5, 5.41) is 8.95. The van der Waals surface area contributed by atoms with Crippen LogP contribution in [0, 0.1) is 0 Å². The van der Waals surface area contributed by atoms with Crippen molar-refractivity contribution in [2.24, 2.45) is 0 Å². The van der Waals surface area contributed by atoms with Crippen LogP contribution >= 0.6 is 0 Å². The number of nitrogens with one attached hydrogen (secondary N) is 1. The summed E-state index contributed by atoms with van der Waals surface area (Å²) in [6, 6.07) is 12.4. The maximum atomic E-state index is 12.4. The molecule has 0 fully saturated rings. The van der Waals surface area contributed by atoms with Gasteiger partial charge in [0.05, 0.1) is 10.5 Å². The van der Waals surface area contributed by atoms with Crippen molar-refractivity contribution in [3.63, 3.8) is 0 Å². The number of aromatic carboxylic acids is 1. The van der Waals surface area contributed by atoms with Crippen LogP contribution in [0.15, 0.2) is 53.4 Å². The minimum absolute atomic E-state index is 0.0253. The molecule has 122 valence electrons. The molecule has 5 nitrogen and oxygen atoms in total. The summed E-state index contributed by atoms with van der Waals surface area (Å²) in [5.74, 6) is -0.740. The van der Waals surface area contributed by atoms with Gasteiger partial charge in [0.15, 0.2) is 0 Å². The molecule has 6 heteroatoms. The van der Waals surface area contributed by atoms with E-state index in [-0.39, 0.29) is 16.1 Å². The third-order valence-corrected chi connectivity index (χ3v) is 5.13. The number of carboxylic acid groups (broad SMARTS) is 1. The van der Waals surface area contributed by atoms with E-state index in [0.29, 0.717) is 5.92 Å². The van der Waals surface area contributed by atoms with Crippen molar-refractivity contribution in [2.45, 2.75) is 31.1 Å². The number of anilines is 1. The molecule has 23 heavy (non-hydrogen) atoms. The first-order chi connectivity index (χ1) is 10.8. The Morgan fingerprint density at radius 1 is 1.17 bits per heavy atom. The molecule has 2 rings (SSSR count). The van der Waals surface area contributed by atoms with E-state index in [1.807, 2.05) is 0 Å². The second kappa shape index (κ2) is 6.83. The van der Waals surface area contributed by atoms with E-state index in [0.717, 1.165) is 12.0 Å². The summed E-state index contributed by atoms with van der Waals surface area (Å²) in [6.07, 6.45) is 0.978. The maximum absolute atomic E-state index is 12.4. The van der Waals surface area contributed by atoms with Crippen molar-refractivity contribution in [1.29, 1.82) is 0 Å². The fourth-order valence-corrected chi connectivity index (χ4v) is 3.19. The zero-order chi connectivity index (χ0) is 17.0. The molecule has 0 aliphatic heterocycles. The molecule has 0 radical (unpaired) electrons. The molecule has 2 aromatic carbocycles. The number of hydrogen-bond acceptors (Lipinski definition) is 3. The summed E-state index contributed by atoms with van der Waals surface area (Å²) in [6.45, 7) is 4.16. The highest BCUT2D eigenvalue weighted by Crippen LogP contribution is 2.22. The second-order valence-corrected chi connectivity index (χ2v) is 7.05. The Morgan fingerprint density at radius 2 is 1.83 bits per heavy atom. The summed E-state index contributed by atoms with van der Waals surface area (Å²) < 4.78 is 27.2. The SMILES string of the molecule is CCC(C)c1ccc(S(=O)(=O)Nc2cccc(C(=O)O)c2)cc1. The van der Waals surface area contributed by atoms with Crippen LogP contribution in [0.1, 0.15) is 42.1 Å². The lowest BCUT2D eigenvalue weighted by atomic mass is 9.99. The fraction of sp³-hybridized carbons (Fsp3) is 0.235. The van der Waals surface area contributed by atoms with Crippen LogP contribution in [0.2, 0.25) is 0 Å². The zero-order valence-electron chi connectivity index (χ0n) is 13.0. The first kappa shape index (κ1) is 17.0. The third kappa shape index (κ3) is 4.10. The van der Waals surface area contributed by atoms with Crippen LogP contribution in [-0.4, -0.2) is 19.5 Å². The first-order valence-corrected chi connectivity index (χ1v) is 8.78. The summed E-state index contributed by atoms with van der Waals surface area (Å²) in [4.78, 5) is 11.1. The largest absolute Gasteiger partial charge is 0.478 e. The lowest BCUT2D eigenvalue weighted by Gasteiger charge is -2.11. The van der Waals surface area contributed by atoms with Gasteiger partial charge in [0.2, 0.25) is 0 Å². The minimum atomic E-state index is -3.75. The smallest absolute Gasteiger partial charge is 0.335 e. The molecule has 2 aromatic rings. The molecule has 0 aromatic heterocycles. The van der Waals surface area contributed by atoms with E-state index < -0.39 is 16.0 Å². The van der Waals surface area contributed by atoms with Crippen LogP contribution in [0.5, 0.6) is 0 Å². The Bertz CT molecular complexity index is 798. The maximum Gasteiger partial charge on any atom is 0.335 e. The van der Waals surface area contributed by atoms with Gasteiger partial charge >= 0.3 is 5.97 Å². The number of carbonyl (C=O) groups is 1. The number of carboxylic acids is 1. The van der Waals surface area contributed by atoms with Gasteiger partial charge in [0, 0.05) is 5.69 Å². The van der Waals surface area contributed by atoms with Crippen molar-refractivity contribution < 1.29 is 18.3 Å². The molecular weight excluding hydrogens is 314 g/mol. The van der Waals surface area contributed by atoms with Gasteiger partial charge in [0.25, 0.3) is 10.0 Å². The number of rotatable bonds is 6. The molecule has 0 bridgehead atoms. The van der Waals surface area contributed by atoms with E-state index >= 15 is 0 Å². The van der Waals surface area contributed by atoms with Gasteiger partial charge in [0.1, 0.15) is 0 Å². The van der Waals surface area contributed by atoms with Gasteiger partial charge in [-0.3, -0.25) is 4.72 Å². The van der Waals surface area contributed by atoms with Crippen molar-refractivity contribution in [3.8, 4) is 0 Å². The van der Waals surface area contributed by atoms with Crippen molar-refractivity contribution in [1.82, 2.24) is 0 Å². The Morgan fingerprint density at radius 3 is 2.39 bits per heavy atom. The quantitative estimate of drug-likeness (QED) is 0.844. The number of sulfonamides is 1. The zero-order valence-corrected chi connectivity index (χ0v) is 13.8. The Balaban J connectivity index is 2.25. The topological polar surface area (TPSA) is 83.5 Å². The highest BCUT2D eigenvalue weighted by atomic mass is 32.2. The molecule has 0 heterocycles. The molecular formula is C17H19NO4S. The van der Waals surface area contributed by atoms with Crippen LogP contribution in [-0.2, 0) is 10.0 Å². The summed E-state index contributed by atoms with van der Waals surface area (Å²) >= 11 is 0. The normalized spacial score (nSPS) is 12.6. The molecule has 2 N–H and O–H groups in total. The fourth-order valence-electron chi connectivity index (χ4n) is 2.14. The van der Waals surface area contributed by atoms with Gasteiger partial charge in [-0.05, 0) is 48.2 Å². The number of hydrogen-bond donors (Lipinski definition) is 2. The average molecular weight is 333 g/mol. The van der Waals surface area contributed by atoms with Gasteiger partial charge in [-0.25, -0.2) is 13.2 Å². The Hall–Kier alpha value is -2.34. The second-order valence-electron chi connectivity index (χ2n) is 5.37. The molecule has 0 saturated heterocycles. The Kier molecular flexibility index (Phi) is 5.05. The van der Waals surface area contributed by atoms with Crippen LogP contribution in [0.4, 0.5) is 5.69 Å². The standard InChI is InChI=1S/C17H19NO4S/c1-3-12(2)13-7-9-16(10-8-13)23(21,22)18-15-6-4-5-14(11-15)17(19)20/h4-12,18H,3H2,1-2H3,(H,19,20). The summed E-state index contributed by atoms with van der Waals surface area (Å²) in [5.41, 5.74) is 1.33. The molecule has 1 atom stereocenters. The van der Waals surface area contributed by atoms with E-state index in [9.17, 15) is 13.2 Å². The average Bonchev–Trinajstić information content (AvgIpc) is 2.54. The minimum Gasteiger partial charge on any atom is -0.478 e. The van der Waals surface area contributed by atoms with Crippen molar-refractivity contribution in [3.05, 3.63) is 59.7 Å². The predicted octanol–water partition coefficient (Wildman–Crippen LogP) is 3.70. The molecule has 0 spiro atoms. The van der Waals surface area contributed by atoms with E-state index in [4.69, 9.17) is 5.11 Å². The monoisotopic (exact) mass is 333 g/mol. The predicted molar refractivity (Wildman–Crippen MR) is 89.4 cm³/mol. The van der Waals surface area contributed by atoms with E-state index in [1.165, 1.54) is 24.3 Å². The molecule has 0 aliphatic rings. The van der Waals surface area contributed by atoms with Gasteiger partial charge < -0.3 is 5.11 Å². The van der Waals surface area contributed by atoms with Gasteiger partial charge in [-0.1, -0.05) is 32.0 Å². The lowest BCUT2D eigenvalue weighted by molar-refractivity contribution is 0.0697. The number of benzene rings is 2. The van der Waals surface area contributed by atoms with Crippen LogP contribution in [0.25, 0.3) is 0 Å². The Labute approximate surface area is 136 Å². The summed E-state index contributed by atoms with van der Waals surface area (Å²) in [7, 11) is -3.75. The van der Waals surface area contributed by atoms with E-state index in [1.54, 1.807) is 24.3 Å². The lowest BCUT2D eigenvalue weighted by Crippen LogP contribution is -2.13. The van der Waals surface area contributed by atoms with Crippen molar-refractivity contribution in [2.75, 3.05) is 4.72 Å².